The second-order valence-electron chi connectivity index (χ2n) is 9.64. The Hall–Kier alpha value is -4.93. The number of hydrogen-bond donors (Lipinski definition) is 1. The molecule has 0 radical (unpaired) electrons. The minimum Gasteiger partial charge on any atom is -0.445 e. The third-order valence-electron chi connectivity index (χ3n) is 6.83. The number of aromatic nitrogens is 2. The molecule has 0 amide bonds. The predicted octanol–water partition coefficient (Wildman–Crippen LogP) is 5.72. The predicted molar refractivity (Wildman–Crippen MR) is 163 cm³/mol. The number of para-hydroxylation sites is 1. The van der Waals surface area contributed by atoms with Crippen LogP contribution in [0.3, 0.4) is 0 Å². The van der Waals surface area contributed by atoms with Gasteiger partial charge in [0, 0.05) is 23.2 Å². The van der Waals surface area contributed by atoms with Gasteiger partial charge in [-0.25, -0.2) is 17.9 Å². The zero-order chi connectivity index (χ0) is 30.7. The molecule has 1 heterocycles. The van der Waals surface area contributed by atoms with Crippen molar-refractivity contribution >= 4 is 39.1 Å². The van der Waals surface area contributed by atoms with E-state index in [1.54, 1.807) is 105 Å². The van der Waals surface area contributed by atoms with E-state index in [4.69, 9.17) is 16.3 Å². The molecule has 1 N–H and O–H groups in total. The summed E-state index contributed by atoms with van der Waals surface area (Å²) in [6.45, 7) is 1.60. The van der Waals surface area contributed by atoms with Crippen molar-refractivity contribution in [3.8, 4) is 5.69 Å². The first-order chi connectivity index (χ1) is 20.6. The number of nitrogens with zero attached hydrogens (tertiary/aromatic N) is 2. The lowest BCUT2D eigenvalue weighted by Gasteiger charge is -2.18. The molecule has 0 bridgehead atoms. The van der Waals surface area contributed by atoms with Gasteiger partial charge >= 0.3 is 5.97 Å². The number of benzene rings is 4. The van der Waals surface area contributed by atoms with Crippen molar-refractivity contribution in [2.24, 2.45) is 7.05 Å². The fraction of sp³-hybridized carbons (Fsp3) is 0.0938. The van der Waals surface area contributed by atoms with Crippen LogP contribution in [0.1, 0.15) is 38.1 Å². The summed E-state index contributed by atoms with van der Waals surface area (Å²) in [6.07, 6.45) is -1.29. The zero-order valence-electron chi connectivity index (χ0n) is 23.1. The van der Waals surface area contributed by atoms with Crippen LogP contribution >= 0.6 is 11.6 Å². The Morgan fingerprint density at radius 3 is 2.05 bits per heavy atom. The Kier molecular flexibility index (Phi) is 8.33. The number of carbonyl (C=O) groups excluding carboxylic acids is 2. The van der Waals surface area contributed by atoms with Gasteiger partial charge in [0.05, 0.1) is 21.8 Å². The molecule has 0 aliphatic carbocycles. The van der Waals surface area contributed by atoms with Gasteiger partial charge in [0.2, 0.25) is 5.78 Å². The summed E-state index contributed by atoms with van der Waals surface area (Å²) in [4.78, 5) is 39.6. The minimum atomic E-state index is -4.40. The first kappa shape index (κ1) is 29.6. The standard InChI is InChI=1S/C32H26ClN3O6S/c1-21-28(31(38)36(35(21)2)26-16-10-5-11-17-26)34-43(40,41)27-19-24(18-25(33)20-27)32(39)42-30(23-14-8-4-9-15-23)29(37)22-12-6-3-7-13-22/h3-20,30,34H,1-2H3. The van der Waals surface area contributed by atoms with Crippen LogP contribution in [0, 0.1) is 6.92 Å². The maximum atomic E-state index is 13.5. The lowest BCUT2D eigenvalue weighted by Crippen LogP contribution is -2.23. The van der Waals surface area contributed by atoms with Crippen LogP contribution in [0.25, 0.3) is 5.69 Å². The number of anilines is 1. The highest BCUT2D eigenvalue weighted by Crippen LogP contribution is 2.27. The van der Waals surface area contributed by atoms with Crippen molar-refractivity contribution in [3.63, 3.8) is 0 Å². The number of sulfonamides is 1. The van der Waals surface area contributed by atoms with Crippen molar-refractivity contribution in [1.82, 2.24) is 9.36 Å². The lowest BCUT2D eigenvalue weighted by molar-refractivity contribution is 0.0280. The van der Waals surface area contributed by atoms with Crippen LogP contribution in [0.5, 0.6) is 0 Å². The zero-order valence-corrected chi connectivity index (χ0v) is 24.7. The van der Waals surface area contributed by atoms with Crippen LogP contribution in [-0.2, 0) is 21.8 Å². The smallest absolute Gasteiger partial charge is 0.339 e. The Labute approximate surface area is 253 Å². The minimum absolute atomic E-state index is 0.0630. The van der Waals surface area contributed by atoms with Gasteiger partial charge in [-0.05, 0) is 37.3 Å². The molecule has 1 aromatic heterocycles. The SMILES string of the molecule is Cc1c(NS(=O)(=O)c2cc(Cl)cc(C(=O)OC(C(=O)c3ccccc3)c3ccccc3)c2)c(=O)n(-c2ccccc2)n1C. The molecule has 5 aromatic rings. The molecular formula is C32H26ClN3O6S. The second-order valence-corrected chi connectivity index (χ2v) is 11.8. The molecule has 0 spiro atoms. The summed E-state index contributed by atoms with van der Waals surface area (Å²) in [5.74, 6) is -1.41. The van der Waals surface area contributed by atoms with Crippen LogP contribution in [-0.4, -0.2) is 29.5 Å². The fourth-order valence-corrected chi connectivity index (χ4v) is 6.03. The molecule has 9 nitrogen and oxygen atoms in total. The molecule has 0 fully saturated rings. The first-order valence-corrected chi connectivity index (χ1v) is 15.0. The number of ether oxygens (including phenoxy) is 1. The van der Waals surface area contributed by atoms with E-state index < -0.39 is 33.4 Å². The van der Waals surface area contributed by atoms with Crippen LogP contribution < -0.4 is 10.3 Å². The molecule has 0 aliphatic rings. The molecule has 4 aromatic carbocycles. The van der Waals surface area contributed by atoms with E-state index in [1.807, 2.05) is 0 Å². The number of esters is 1. The summed E-state index contributed by atoms with van der Waals surface area (Å²) in [7, 11) is -2.76. The van der Waals surface area contributed by atoms with Crippen LogP contribution in [0.15, 0.2) is 119 Å². The molecule has 1 unspecified atom stereocenters. The van der Waals surface area contributed by atoms with E-state index in [2.05, 4.69) is 4.72 Å². The Morgan fingerprint density at radius 2 is 1.42 bits per heavy atom. The van der Waals surface area contributed by atoms with E-state index in [-0.39, 0.29) is 21.2 Å². The van der Waals surface area contributed by atoms with E-state index in [0.717, 1.165) is 12.1 Å². The summed E-state index contributed by atoms with van der Waals surface area (Å²) < 4.78 is 37.9. The van der Waals surface area contributed by atoms with Gasteiger partial charge < -0.3 is 4.74 Å². The maximum absolute atomic E-state index is 13.5. The van der Waals surface area contributed by atoms with Crippen LogP contribution in [0.4, 0.5) is 5.69 Å². The molecular weight excluding hydrogens is 590 g/mol. The maximum Gasteiger partial charge on any atom is 0.339 e. The number of halogens is 1. The lowest BCUT2D eigenvalue weighted by atomic mass is 10.00. The molecule has 0 saturated carbocycles. The highest BCUT2D eigenvalue weighted by atomic mass is 35.5. The molecule has 218 valence electrons. The van der Waals surface area contributed by atoms with Gasteiger partial charge in [-0.3, -0.25) is 19.0 Å². The summed E-state index contributed by atoms with van der Waals surface area (Å²) in [6, 6.07) is 29.1. The van der Waals surface area contributed by atoms with Gasteiger partial charge in [-0.15, -0.1) is 0 Å². The fourth-order valence-electron chi connectivity index (χ4n) is 4.54. The average molecular weight is 616 g/mol. The van der Waals surface area contributed by atoms with Gasteiger partial charge in [-0.1, -0.05) is 90.5 Å². The van der Waals surface area contributed by atoms with Crippen molar-refractivity contribution in [2.45, 2.75) is 17.9 Å². The third-order valence-corrected chi connectivity index (χ3v) is 8.38. The van der Waals surface area contributed by atoms with E-state index >= 15 is 0 Å². The number of hydrogen-bond acceptors (Lipinski definition) is 6. The molecule has 5 rings (SSSR count). The molecule has 11 heteroatoms. The molecule has 43 heavy (non-hydrogen) atoms. The molecule has 0 aliphatic heterocycles. The van der Waals surface area contributed by atoms with E-state index in [0.29, 0.717) is 22.5 Å². The largest absolute Gasteiger partial charge is 0.445 e. The Morgan fingerprint density at radius 1 is 0.837 bits per heavy atom. The van der Waals surface area contributed by atoms with Gasteiger partial charge in [-0.2, -0.15) is 0 Å². The number of rotatable bonds is 9. The van der Waals surface area contributed by atoms with Gasteiger partial charge in [0.1, 0.15) is 5.69 Å². The van der Waals surface area contributed by atoms with Crippen molar-refractivity contribution in [3.05, 3.63) is 147 Å². The number of carbonyl (C=O) groups is 2. The second kappa shape index (κ2) is 12.1. The first-order valence-electron chi connectivity index (χ1n) is 13.1. The van der Waals surface area contributed by atoms with E-state index in [9.17, 15) is 22.8 Å². The average Bonchev–Trinajstić information content (AvgIpc) is 3.22. The van der Waals surface area contributed by atoms with E-state index in [1.165, 1.54) is 15.4 Å². The van der Waals surface area contributed by atoms with Gasteiger partial charge in [0.25, 0.3) is 15.6 Å². The Balaban J connectivity index is 1.47. The summed E-state index contributed by atoms with van der Waals surface area (Å²) in [5.41, 5.74) is 0.756. The Bertz CT molecular complexity index is 1970. The number of Topliss-reactive ketones (excluding diaryl/α,β-unsaturated/α-hetero) is 1. The third kappa shape index (κ3) is 6.15. The van der Waals surface area contributed by atoms with Gasteiger partial charge in [0.15, 0.2) is 6.10 Å². The summed E-state index contributed by atoms with van der Waals surface area (Å²) in [5, 5.41) is -0.0630. The normalized spacial score (nSPS) is 12.0. The summed E-state index contributed by atoms with van der Waals surface area (Å²) >= 11 is 6.25. The topological polar surface area (TPSA) is 116 Å². The molecule has 1 atom stereocenters. The highest BCUT2D eigenvalue weighted by molar-refractivity contribution is 7.92. The quantitative estimate of drug-likeness (QED) is 0.167. The van der Waals surface area contributed by atoms with Crippen molar-refractivity contribution in [2.75, 3.05) is 4.72 Å². The molecule has 0 saturated heterocycles. The highest BCUT2D eigenvalue weighted by Gasteiger charge is 2.28. The monoisotopic (exact) mass is 615 g/mol. The number of nitrogens with one attached hydrogen (secondary N) is 1. The van der Waals surface area contributed by atoms with Crippen molar-refractivity contribution < 1.29 is 22.7 Å². The van der Waals surface area contributed by atoms with Crippen molar-refractivity contribution in [1.29, 1.82) is 0 Å². The number of ketones is 1. The van der Waals surface area contributed by atoms with Crippen LogP contribution in [0.2, 0.25) is 5.02 Å².